The number of nitrogens with one attached hydrogen (secondary N) is 2. The van der Waals surface area contributed by atoms with Gasteiger partial charge >= 0.3 is 0 Å². The fraction of sp³-hybridized carbons (Fsp3) is 0.500. The first-order chi connectivity index (χ1) is 9.29. The Labute approximate surface area is 113 Å². The highest BCUT2D eigenvalue weighted by Gasteiger charge is 2.20. The number of rotatable bonds is 8. The third kappa shape index (κ3) is 4.89. The Balaban J connectivity index is 1.59. The van der Waals surface area contributed by atoms with Crippen LogP contribution in [0.15, 0.2) is 24.3 Å². The lowest BCUT2D eigenvalue weighted by Gasteiger charge is -2.06. The summed E-state index contributed by atoms with van der Waals surface area (Å²) in [5.41, 5.74) is 3.94. The molecule has 0 heterocycles. The number of amides is 1. The lowest BCUT2D eigenvalue weighted by atomic mass is 10.2. The van der Waals surface area contributed by atoms with Crippen molar-refractivity contribution in [2.75, 3.05) is 25.2 Å². The number of benzene rings is 1. The summed E-state index contributed by atoms with van der Waals surface area (Å²) in [5, 5.41) is 2.87. The van der Waals surface area contributed by atoms with E-state index in [9.17, 15) is 4.79 Å². The summed E-state index contributed by atoms with van der Waals surface area (Å²) in [6.45, 7) is 2.23. The van der Waals surface area contributed by atoms with Gasteiger partial charge in [-0.25, -0.2) is 0 Å². The van der Waals surface area contributed by atoms with Crippen molar-refractivity contribution in [3.63, 3.8) is 0 Å². The molecule has 1 aliphatic carbocycles. The first-order valence-corrected chi connectivity index (χ1v) is 6.72. The van der Waals surface area contributed by atoms with Gasteiger partial charge in [0.05, 0.1) is 0 Å². The molecule has 0 radical (unpaired) electrons. The molecule has 19 heavy (non-hydrogen) atoms. The van der Waals surface area contributed by atoms with Gasteiger partial charge in [0.1, 0.15) is 0 Å². The zero-order valence-corrected chi connectivity index (χ0v) is 11.0. The lowest BCUT2D eigenvalue weighted by Crippen LogP contribution is -2.25. The molecule has 1 amide bonds. The van der Waals surface area contributed by atoms with Crippen LogP contribution < -0.4 is 16.6 Å². The molecule has 0 spiro atoms. The zero-order chi connectivity index (χ0) is 13.5. The molecule has 0 bridgehead atoms. The molecular formula is C14H21N3O2. The number of nitrogens with two attached hydrogens (primary N) is 1. The van der Waals surface area contributed by atoms with Crippen LogP contribution in [0.4, 0.5) is 5.69 Å². The number of hydrogen-bond acceptors (Lipinski definition) is 4. The zero-order valence-electron chi connectivity index (χ0n) is 11.0. The highest BCUT2D eigenvalue weighted by Crippen LogP contribution is 2.28. The smallest absolute Gasteiger partial charge is 0.251 e. The Bertz CT molecular complexity index is 402. The average Bonchev–Trinajstić information content (AvgIpc) is 3.26. The number of carbonyl (C=O) groups excluding carboxylic acids is 1. The monoisotopic (exact) mass is 263 g/mol. The first kappa shape index (κ1) is 13.8. The standard InChI is InChI=1S/C14H21N3O2/c15-17-13-6-4-12(5-7-13)14(18)16-8-1-9-19-10-11-2-3-11/h4-7,11,17H,1-3,8-10,15H2,(H,16,18). The molecule has 5 nitrogen and oxygen atoms in total. The SMILES string of the molecule is NNc1ccc(C(=O)NCCCOCC2CC2)cc1. The summed E-state index contributed by atoms with van der Waals surface area (Å²) in [5.74, 6) is 6.00. The van der Waals surface area contributed by atoms with Crippen LogP contribution in [0.5, 0.6) is 0 Å². The third-order valence-electron chi connectivity index (χ3n) is 3.12. The van der Waals surface area contributed by atoms with Gasteiger partial charge in [-0.1, -0.05) is 0 Å². The maximum atomic E-state index is 11.8. The number of nitrogen functional groups attached to an aromatic ring is 1. The minimum atomic E-state index is -0.0641. The molecule has 0 aromatic heterocycles. The Morgan fingerprint density at radius 1 is 1.32 bits per heavy atom. The first-order valence-electron chi connectivity index (χ1n) is 6.72. The van der Waals surface area contributed by atoms with Crippen LogP contribution in [0.1, 0.15) is 29.6 Å². The van der Waals surface area contributed by atoms with E-state index in [0.29, 0.717) is 18.7 Å². The second kappa shape index (κ2) is 7.11. The Morgan fingerprint density at radius 2 is 2.05 bits per heavy atom. The number of anilines is 1. The predicted octanol–water partition coefficient (Wildman–Crippen LogP) is 1.52. The number of hydrogen-bond donors (Lipinski definition) is 3. The van der Waals surface area contributed by atoms with Crippen LogP contribution >= 0.6 is 0 Å². The van der Waals surface area contributed by atoms with Gasteiger partial charge in [0.15, 0.2) is 0 Å². The van der Waals surface area contributed by atoms with E-state index in [-0.39, 0.29) is 5.91 Å². The van der Waals surface area contributed by atoms with Crippen LogP contribution in [-0.4, -0.2) is 25.7 Å². The topological polar surface area (TPSA) is 76.4 Å². The largest absolute Gasteiger partial charge is 0.381 e. The molecule has 1 fully saturated rings. The van der Waals surface area contributed by atoms with Crippen molar-refractivity contribution in [1.29, 1.82) is 0 Å². The Hall–Kier alpha value is -1.59. The molecule has 5 heteroatoms. The molecule has 0 aliphatic heterocycles. The fourth-order valence-electron chi connectivity index (χ4n) is 1.73. The van der Waals surface area contributed by atoms with Crippen LogP contribution in [-0.2, 0) is 4.74 Å². The molecular weight excluding hydrogens is 242 g/mol. The summed E-state index contributed by atoms with van der Waals surface area (Å²) in [6.07, 6.45) is 3.47. The van der Waals surface area contributed by atoms with Crippen molar-refractivity contribution in [1.82, 2.24) is 5.32 Å². The summed E-state index contributed by atoms with van der Waals surface area (Å²) in [6, 6.07) is 7.03. The molecule has 1 aromatic rings. The molecule has 1 aliphatic rings. The van der Waals surface area contributed by atoms with Crippen LogP contribution in [0.25, 0.3) is 0 Å². The van der Waals surface area contributed by atoms with Gasteiger partial charge in [-0.2, -0.15) is 0 Å². The molecule has 1 saturated carbocycles. The van der Waals surface area contributed by atoms with Gasteiger partial charge in [0.25, 0.3) is 5.91 Å². The van der Waals surface area contributed by atoms with Crippen molar-refractivity contribution in [3.05, 3.63) is 29.8 Å². The number of carbonyl (C=O) groups is 1. The van der Waals surface area contributed by atoms with Crippen LogP contribution in [0.3, 0.4) is 0 Å². The van der Waals surface area contributed by atoms with E-state index in [2.05, 4.69) is 10.7 Å². The quantitative estimate of drug-likeness (QED) is 0.377. The van der Waals surface area contributed by atoms with Crippen molar-refractivity contribution in [3.8, 4) is 0 Å². The van der Waals surface area contributed by atoms with E-state index >= 15 is 0 Å². The van der Waals surface area contributed by atoms with Gasteiger partial charge in [-0.15, -0.1) is 0 Å². The van der Waals surface area contributed by atoms with E-state index in [1.54, 1.807) is 24.3 Å². The molecule has 1 aromatic carbocycles. The molecule has 0 saturated heterocycles. The van der Waals surface area contributed by atoms with Crippen molar-refractivity contribution >= 4 is 11.6 Å². The van der Waals surface area contributed by atoms with Crippen LogP contribution in [0.2, 0.25) is 0 Å². The Kier molecular flexibility index (Phi) is 5.18. The normalized spacial score (nSPS) is 14.2. The minimum Gasteiger partial charge on any atom is -0.381 e. The van der Waals surface area contributed by atoms with Crippen molar-refractivity contribution in [2.24, 2.45) is 11.8 Å². The summed E-state index contributed by atoms with van der Waals surface area (Å²) in [4.78, 5) is 11.8. The Morgan fingerprint density at radius 3 is 2.68 bits per heavy atom. The van der Waals surface area contributed by atoms with E-state index in [1.165, 1.54) is 12.8 Å². The van der Waals surface area contributed by atoms with Crippen molar-refractivity contribution < 1.29 is 9.53 Å². The van der Waals surface area contributed by atoms with E-state index in [1.807, 2.05) is 0 Å². The third-order valence-corrected chi connectivity index (χ3v) is 3.12. The van der Waals surface area contributed by atoms with Gasteiger partial charge in [0, 0.05) is 31.0 Å². The molecule has 2 rings (SSSR count). The second-order valence-electron chi connectivity index (χ2n) is 4.85. The summed E-state index contributed by atoms with van der Waals surface area (Å²) in [7, 11) is 0. The van der Waals surface area contributed by atoms with Gasteiger partial charge in [-0.3, -0.25) is 10.6 Å². The second-order valence-corrected chi connectivity index (χ2v) is 4.85. The van der Waals surface area contributed by atoms with E-state index in [0.717, 1.165) is 24.6 Å². The van der Waals surface area contributed by atoms with Crippen LogP contribution in [0, 0.1) is 5.92 Å². The summed E-state index contributed by atoms with van der Waals surface area (Å²) >= 11 is 0. The predicted molar refractivity (Wildman–Crippen MR) is 74.7 cm³/mol. The number of hydrazine groups is 1. The highest BCUT2D eigenvalue weighted by molar-refractivity contribution is 5.94. The fourth-order valence-corrected chi connectivity index (χ4v) is 1.73. The average molecular weight is 263 g/mol. The minimum absolute atomic E-state index is 0.0641. The molecule has 0 unspecified atom stereocenters. The number of ether oxygens (including phenoxy) is 1. The molecule has 0 atom stereocenters. The summed E-state index contributed by atoms with van der Waals surface area (Å²) < 4.78 is 5.50. The van der Waals surface area contributed by atoms with Gasteiger partial charge in [-0.05, 0) is 49.4 Å². The maximum absolute atomic E-state index is 11.8. The van der Waals surface area contributed by atoms with Gasteiger partial charge in [0.2, 0.25) is 0 Å². The van der Waals surface area contributed by atoms with E-state index < -0.39 is 0 Å². The highest BCUT2D eigenvalue weighted by atomic mass is 16.5. The molecule has 104 valence electrons. The maximum Gasteiger partial charge on any atom is 0.251 e. The molecule has 4 N–H and O–H groups in total. The van der Waals surface area contributed by atoms with Gasteiger partial charge < -0.3 is 15.5 Å². The van der Waals surface area contributed by atoms with Crippen molar-refractivity contribution in [2.45, 2.75) is 19.3 Å². The van der Waals surface area contributed by atoms with E-state index in [4.69, 9.17) is 10.6 Å². The lowest BCUT2D eigenvalue weighted by molar-refractivity contribution is 0.0937.